The van der Waals surface area contributed by atoms with E-state index in [1.54, 1.807) is 0 Å². The van der Waals surface area contributed by atoms with Gasteiger partial charge >= 0.3 is 5.97 Å². The Bertz CT molecular complexity index is 481. The maximum Gasteiger partial charge on any atom is 0.354 e. The average molecular weight is 247 g/mol. The van der Waals surface area contributed by atoms with Gasteiger partial charge in [-0.05, 0) is 38.5 Å². The number of nitrogens with zero attached hydrogens (tertiary/aromatic N) is 3. The summed E-state index contributed by atoms with van der Waals surface area (Å²) in [6.07, 6.45) is 6.12. The quantitative estimate of drug-likeness (QED) is 0.860. The van der Waals surface area contributed by atoms with Gasteiger partial charge in [-0.15, -0.1) is 0 Å². The van der Waals surface area contributed by atoms with E-state index in [0.29, 0.717) is 5.95 Å². The van der Waals surface area contributed by atoms with Crippen LogP contribution in [-0.4, -0.2) is 34.1 Å². The summed E-state index contributed by atoms with van der Waals surface area (Å²) in [5.74, 6) is -0.304. The highest BCUT2D eigenvalue weighted by Crippen LogP contribution is 2.25. The first-order valence-electron chi connectivity index (χ1n) is 6.64. The lowest BCUT2D eigenvalue weighted by atomic mass is 9.94. The maximum absolute atomic E-state index is 11.3. The molecule has 96 valence electrons. The van der Waals surface area contributed by atoms with E-state index in [4.69, 9.17) is 0 Å². The van der Waals surface area contributed by atoms with Crippen molar-refractivity contribution in [2.75, 3.05) is 18.0 Å². The van der Waals surface area contributed by atoms with Gasteiger partial charge in [0.25, 0.3) is 0 Å². The Morgan fingerprint density at radius 1 is 1.06 bits per heavy atom. The fourth-order valence-electron chi connectivity index (χ4n) is 2.82. The number of carbonyl (C=O) groups is 1. The molecule has 1 aliphatic carbocycles. The van der Waals surface area contributed by atoms with Crippen LogP contribution < -0.4 is 4.90 Å². The first kappa shape index (κ1) is 11.4. The van der Waals surface area contributed by atoms with E-state index in [1.165, 1.54) is 0 Å². The van der Waals surface area contributed by atoms with Crippen LogP contribution in [0.2, 0.25) is 0 Å². The Morgan fingerprint density at radius 3 is 2.50 bits per heavy atom. The molecule has 1 aliphatic heterocycles. The minimum Gasteiger partial charge on any atom is -0.476 e. The molecule has 1 aromatic heterocycles. The SMILES string of the molecule is O=C(O)c1nc(N2CCCC2)nc2c1CCCC2. The molecule has 1 saturated heterocycles. The van der Waals surface area contributed by atoms with Crippen LogP contribution in [0.5, 0.6) is 0 Å². The molecule has 0 unspecified atom stereocenters. The molecule has 5 nitrogen and oxygen atoms in total. The molecular formula is C13H17N3O2. The van der Waals surface area contributed by atoms with Crippen molar-refractivity contribution in [3.63, 3.8) is 0 Å². The lowest BCUT2D eigenvalue weighted by Crippen LogP contribution is -2.24. The highest BCUT2D eigenvalue weighted by atomic mass is 16.4. The molecule has 0 bridgehead atoms. The predicted octanol–water partition coefficient (Wildman–Crippen LogP) is 1.65. The van der Waals surface area contributed by atoms with Crippen LogP contribution in [0.3, 0.4) is 0 Å². The molecule has 0 aromatic carbocycles. The van der Waals surface area contributed by atoms with E-state index in [-0.39, 0.29) is 5.69 Å². The van der Waals surface area contributed by atoms with Gasteiger partial charge in [0.1, 0.15) is 0 Å². The molecule has 3 rings (SSSR count). The van der Waals surface area contributed by atoms with Crippen molar-refractivity contribution in [3.05, 3.63) is 17.0 Å². The number of aromatic carboxylic acids is 1. The van der Waals surface area contributed by atoms with Crippen molar-refractivity contribution in [2.24, 2.45) is 0 Å². The number of fused-ring (bicyclic) bond motifs is 1. The second-order valence-corrected chi connectivity index (χ2v) is 5.00. The third-order valence-electron chi connectivity index (χ3n) is 3.76. The zero-order valence-corrected chi connectivity index (χ0v) is 10.4. The molecule has 0 saturated carbocycles. The summed E-state index contributed by atoms with van der Waals surface area (Å²) < 4.78 is 0. The van der Waals surface area contributed by atoms with E-state index < -0.39 is 5.97 Å². The summed E-state index contributed by atoms with van der Waals surface area (Å²) >= 11 is 0. The summed E-state index contributed by atoms with van der Waals surface area (Å²) in [5.41, 5.74) is 2.04. The number of hydrogen-bond donors (Lipinski definition) is 1. The van der Waals surface area contributed by atoms with E-state index >= 15 is 0 Å². The number of carboxylic acids is 1. The molecule has 1 aromatic rings. The molecular weight excluding hydrogens is 230 g/mol. The van der Waals surface area contributed by atoms with Gasteiger partial charge in [-0.3, -0.25) is 0 Å². The standard InChI is InChI=1S/C13H17N3O2/c17-12(18)11-9-5-1-2-6-10(9)14-13(15-11)16-7-3-4-8-16/h1-8H2,(H,17,18). The topological polar surface area (TPSA) is 66.3 Å². The first-order valence-corrected chi connectivity index (χ1v) is 6.64. The zero-order chi connectivity index (χ0) is 12.5. The molecule has 2 aliphatic rings. The molecule has 2 heterocycles. The zero-order valence-electron chi connectivity index (χ0n) is 10.4. The molecule has 0 radical (unpaired) electrons. The minimum absolute atomic E-state index is 0.224. The van der Waals surface area contributed by atoms with Crippen molar-refractivity contribution in [1.82, 2.24) is 9.97 Å². The summed E-state index contributed by atoms with van der Waals surface area (Å²) in [6.45, 7) is 1.88. The van der Waals surface area contributed by atoms with Gasteiger partial charge in [-0.1, -0.05) is 0 Å². The molecule has 0 spiro atoms. The van der Waals surface area contributed by atoms with E-state index in [0.717, 1.165) is 62.9 Å². The van der Waals surface area contributed by atoms with Crippen LogP contribution in [-0.2, 0) is 12.8 Å². The van der Waals surface area contributed by atoms with Crippen LogP contribution in [0.15, 0.2) is 0 Å². The lowest BCUT2D eigenvalue weighted by Gasteiger charge is -2.21. The van der Waals surface area contributed by atoms with Gasteiger partial charge in [0.2, 0.25) is 5.95 Å². The third-order valence-corrected chi connectivity index (χ3v) is 3.76. The predicted molar refractivity (Wildman–Crippen MR) is 67.1 cm³/mol. The van der Waals surface area contributed by atoms with Gasteiger partial charge in [-0.2, -0.15) is 0 Å². The minimum atomic E-state index is -0.920. The Balaban J connectivity index is 2.05. The van der Waals surface area contributed by atoms with E-state index in [2.05, 4.69) is 14.9 Å². The monoisotopic (exact) mass is 247 g/mol. The second kappa shape index (κ2) is 4.55. The van der Waals surface area contributed by atoms with Crippen molar-refractivity contribution < 1.29 is 9.90 Å². The molecule has 0 atom stereocenters. The van der Waals surface area contributed by atoms with Gasteiger partial charge < -0.3 is 10.0 Å². The molecule has 0 amide bonds. The van der Waals surface area contributed by atoms with Crippen LogP contribution in [0, 0.1) is 0 Å². The van der Waals surface area contributed by atoms with Crippen LogP contribution >= 0.6 is 0 Å². The van der Waals surface area contributed by atoms with Crippen LogP contribution in [0.25, 0.3) is 0 Å². The number of hydrogen-bond acceptors (Lipinski definition) is 4. The Morgan fingerprint density at radius 2 is 1.78 bits per heavy atom. The van der Waals surface area contributed by atoms with Gasteiger partial charge in [0, 0.05) is 18.7 Å². The molecule has 18 heavy (non-hydrogen) atoms. The first-order chi connectivity index (χ1) is 8.75. The Kier molecular flexibility index (Phi) is 2.89. The van der Waals surface area contributed by atoms with E-state index in [1.807, 2.05) is 0 Å². The maximum atomic E-state index is 11.3. The van der Waals surface area contributed by atoms with Gasteiger partial charge in [0.15, 0.2) is 5.69 Å². The van der Waals surface area contributed by atoms with Crippen LogP contribution in [0.4, 0.5) is 5.95 Å². The number of anilines is 1. The van der Waals surface area contributed by atoms with Gasteiger partial charge in [-0.25, -0.2) is 14.8 Å². The highest BCUT2D eigenvalue weighted by Gasteiger charge is 2.24. The summed E-state index contributed by atoms with van der Waals surface area (Å²) in [7, 11) is 0. The second-order valence-electron chi connectivity index (χ2n) is 5.00. The highest BCUT2D eigenvalue weighted by molar-refractivity contribution is 5.87. The summed E-state index contributed by atoms with van der Waals surface area (Å²) in [6, 6.07) is 0. The largest absolute Gasteiger partial charge is 0.476 e. The molecule has 1 fully saturated rings. The summed E-state index contributed by atoms with van der Waals surface area (Å²) in [5, 5.41) is 9.30. The van der Waals surface area contributed by atoms with Crippen molar-refractivity contribution in [2.45, 2.75) is 38.5 Å². The normalized spacial score (nSPS) is 18.8. The number of rotatable bonds is 2. The average Bonchev–Trinajstić information content (AvgIpc) is 2.91. The number of aryl methyl sites for hydroxylation is 1. The Hall–Kier alpha value is -1.65. The fourth-order valence-corrected chi connectivity index (χ4v) is 2.82. The summed E-state index contributed by atoms with van der Waals surface area (Å²) in [4.78, 5) is 22.3. The molecule has 1 N–H and O–H groups in total. The lowest BCUT2D eigenvalue weighted by molar-refractivity contribution is 0.0688. The number of aromatic nitrogens is 2. The van der Waals surface area contributed by atoms with Gasteiger partial charge in [0.05, 0.1) is 5.69 Å². The third kappa shape index (κ3) is 1.94. The molecule has 5 heteroatoms. The van der Waals surface area contributed by atoms with E-state index in [9.17, 15) is 9.90 Å². The van der Waals surface area contributed by atoms with Crippen LogP contribution in [0.1, 0.15) is 47.4 Å². The smallest absolute Gasteiger partial charge is 0.354 e. The fraction of sp³-hybridized carbons (Fsp3) is 0.615. The van der Waals surface area contributed by atoms with Crippen molar-refractivity contribution in [1.29, 1.82) is 0 Å². The number of carboxylic acid groups (broad SMARTS) is 1. The Labute approximate surface area is 106 Å². The van der Waals surface area contributed by atoms with Crippen molar-refractivity contribution >= 4 is 11.9 Å². The van der Waals surface area contributed by atoms with Crippen molar-refractivity contribution in [3.8, 4) is 0 Å².